The summed E-state index contributed by atoms with van der Waals surface area (Å²) in [5, 5.41) is 3.65. The van der Waals surface area contributed by atoms with E-state index >= 15 is 0 Å². The second-order valence-corrected chi connectivity index (χ2v) is 13.2. The Bertz CT molecular complexity index is 1680. The molecule has 0 saturated heterocycles. The van der Waals surface area contributed by atoms with Crippen molar-refractivity contribution in [2.24, 2.45) is 0 Å². The fraction of sp³-hybridized carbons (Fsp3) is 0.243. The normalized spacial score (nSPS) is 14.6. The van der Waals surface area contributed by atoms with E-state index in [1.165, 1.54) is 50.1 Å². The Kier molecular flexibility index (Phi) is 4.92. The number of anilines is 2. The minimum Gasteiger partial charge on any atom is -0.467 e. The fourth-order valence-electron chi connectivity index (χ4n) is 6.58. The summed E-state index contributed by atoms with van der Waals surface area (Å²) in [6.45, 7) is 13.8. The molecule has 0 radical (unpaired) electrons. The van der Waals surface area contributed by atoms with Crippen LogP contribution in [-0.2, 0) is 16.2 Å². The first-order chi connectivity index (χ1) is 18.6. The predicted octanol–water partition coefficient (Wildman–Crippen LogP) is 9.96. The Morgan fingerprint density at radius 3 is 1.67 bits per heavy atom. The van der Waals surface area contributed by atoms with Crippen LogP contribution in [0.2, 0.25) is 0 Å². The molecular formula is C37H35NO. The molecule has 39 heavy (non-hydrogen) atoms. The number of benzene rings is 4. The third-order valence-corrected chi connectivity index (χ3v) is 8.65. The molecule has 2 nitrogen and oxygen atoms in total. The SMILES string of the molecule is CC(C)(C)c1ccc2c(c1)C1(c3cc(C(C)(C)C)ccc3-2)c2cc(Nc3ccccc3)ccc2-c2ccoc21. The van der Waals surface area contributed by atoms with Crippen LogP contribution in [0, 0.1) is 0 Å². The molecule has 1 aromatic heterocycles. The number of para-hydroxylation sites is 1. The fourth-order valence-corrected chi connectivity index (χ4v) is 6.58. The van der Waals surface area contributed by atoms with Gasteiger partial charge in [0.2, 0.25) is 0 Å². The molecule has 2 heteroatoms. The zero-order chi connectivity index (χ0) is 27.2. The molecule has 0 aliphatic heterocycles. The minimum atomic E-state index is -0.504. The van der Waals surface area contributed by atoms with Gasteiger partial charge in [-0.15, -0.1) is 0 Å². The van der Waals surface area contributed by atoms with Crippen LogP contribution in [0.4, 0.5) is 11.4 Å². The zero-order valence-corrected chi connectivity index (χ0v) is 23.6. The topological polar surface area (TPSA) is 25.2 Å². The summed E-state index contributed by atoms with van der Waals surface area (Å²) >= 11 is 0. The summed E-state index contributed by atoms with van der Waals surface area (Å²) in [5.74, 6) is 1.03. The van der Waals surface area contributed by atoms with Crippen LogP contribution in [0.1, 0.15) is 75.1 Å². The lowest BCUT2D eigenvalue weighted by Crippen LogP contribution is -2.27. The van der Waals surface area contributed by atoms with E-state index in [2.05, 4.69) is 132 Å². The van der Waals surface area contributed by atoms with Crippen LogP contribution >= 0.6 is 0 Å². The Morgan fingerprint density at radius 2 is 1.08 bits per heavy atom. The number of hydrogen-bond donors (Lipinski definition) is 1. The lowest BCUT2D eigenvalue weighted by molar-refractivity contribution is 0.472. The molecule has 0 saturated carbocycles. The van der Waals surface area contributed by atoms with Gasteiger partial charge in [-0.1, -0.05) is 102 Å². The maximum absolute atomic E-state index is 6.50. The quantitative estimate of drug-likeness (QED) is 0.251. The maximum Gasteiger partial charge on any atom is 0.131 e. The van der Waals surface area contributed by atoms with E-state index in [0.717, 1.165) is 17.1 Å². The third-order valence-electron chi connectivity index (χ3n) is 8.65. The second-order valence-electron chi connectivity index (χ2n) is 13.2. The Hall–Kier alpha value is -4.04. The summed E-state index contributed by atoms with van der Waals surface area (Å²) in [5.41, 5.74) is 13.4. The highest BCUT2D eigenvalue weighted by Crippen LogP contribution is 2.64. The van der Waals surface area contributed by atoms with Crippen LogP contribution in [-0.4, -0.2) is 0 Å². The molecule has 0 atom stereocenters. The lowest BCUT2D eigenvalue weighted by atomic mass is 9.71. The number of furan rings is 1. The molecule has 0 bridgehead atoms. The molecule has 2 aliphatic carbocycles. The van der Waals surface area contributed by atoms with Gasteiger partial charge in [0.1, 0.15) is 11.2 Å². The van der Waals surface area contributed by atoms with Crippen molar-refractivity contribution in [3.05, 3.63) is 131 Å². The van der Waals surface area contributed by atoms with E-state index in [0.29, 0.717) is 0 Å². The van der Waals surface area contributed by atoms with Crippen molar-refractivity contribution in [1.82, 2.24) is 0 Å². The summed E-state index contributed by atoms with van der Waals surface area (Å²) < 4.78 is 6.50. The molecule has 194 valence electrons. The van der Waals surface area contributed by atoms with E-state index in [1.807, 2.05) is 12.3 Å². The van der Waals surface area contributed by atoms with Crippen LogP contribution in [0.3, 0.4) is 0 Å². The van der Waals surface area contributed by atoms with Crippen molar-refractivity contribution in [2.75, 3.05) is 5.32 Å². The monoisotopic (exact) mass is 509 g/mol. The van der Waals surface area contributed by atoms with Gasteiger partial charge in [-0.3, -0.25) is 0 Å². The summed E-state index contributed by atoms with van der Waals surface area (Å²) in [4.78, 5) is 0. The Labute approximate surface area is 231 Å². The average molecular weight is 510 g/mol. The molecule has 2 aliphatic rings. The van der Waals surface area contributed by atoms with E-state index in [9.17, 15) is 0 Å². The first-order valence-electron chi connectivity index (χ1n) is 13.9. The van der Waals surface area contributed by atoms with Crippen molar-refractivity contribution >= 4 is 11.4 Å². The minimum absolute atomic E-state index is 0.0334. The molecule has 7 rings (SSSR count). The van der Waals surface area contributed by atoms with Gasteiger partial charge in [-0.25, -0.2) is 0 Å². The molecule has 0 unspecified atom stereocenters. The van der Waals surface area contributed by atoms with Gasteiger partial charge >= 0.3 is 0 Å². The van der Waals surface area contributed by atoms with Crippen molar-refractivity contribution in [3.8, 4) is 22.3 Å². The molecule has 0 fully saturated rings. The highest BCUT2D eigenvalue weighted by Gasteiger charge is 2.54. The molecule has 0 amide bonds. The van der Waals surface area contributed by atoms with Gasteiger partial charge in [-0.05, 0) is 85.7 Å². The van der Waals surface area contributed by atoms with Gasteiger partial charge in [-0.2, -0.15) is 0 Å². The number of hydrogen-bond acceptors (Lipinski definition) is 2. The van der Waals surface area contributed by atoms with Gasteiger partial charge < -0.3 is 9.73 Å². The second kappa shape index (κ2) is 7.99. The molecule has 1 heterocycles. The van der Waals surface area contributed by atoms with Gasteiger partial charge in [0, 0.05) is 16.9 Å². The Morgan fingerprint density at radius 1 is 0.538 bits per heavy atom. The molecule has 1 spiro atoms. The maximum atomic E-state index is 6.50. The van der Waals surface area contributed by atoms with Crippen molar-refractivity contribution in [1.29, 1.82) is 0 Å². The number of rotatable bonds is 2. The van der Waals surface area contributed by atoms with Crippen LogP contribution in [0.25, 0.3) is 22.3 Å². The third kappa shape index (κ3) is 3.40. The van der Waals surface area contributed by atoms with Crippen LogP contribution in [0.5, 0.6) is 0 Å². The summed E-state index contributed by atoms with van der Waals surface area (Å²) in [6, 6.07) is 33.6. The standard InChI is InChI=1S/C37H35NO/c1-35(2,3)23-12-15-27-28-16-13-24(36(4,5)6)21-32(28)37(31(27)20-23)33-22-26(38-25-10-8-7-9-11-25)14-17-29(33)30-18-19-39-34(30)37/h7-22,38H,1-6H3. The highest BCUT2D eigenvalue weighted by atomic mass is 16.3. The highest BCUT2D eigenvalue weighted by molar-refractivity contribution is 5.95. The first-order valence-corrected chi connectivity index (χ1v) is 13.9. The van der Waals surface area contributed by atoms with E-state index in [-0.39, 0.29) is 10.8 Å². The largest absolute Gasteiger partial charge is 0.467 e. The van der Waals surface area contributed by atoms with Crippen molar-refractivity contribution < 1.29 is 4.42 Å². The lowest BCUT2D eigenvalue weighted by Gasteiger charge is -2.31. The average Bonchev–Trinajstić information content (AvgIpc) is 3.56. The Balaban J connectivity index is 1.56. The smallest absolute Gasteiger partial charge is 0.131 e. The van der Waals surface area contributed by atoms with Crippen molar-refractivity contribution in [3.63, 3.8) is 0 Å². The van der Waals surface area contributed by atoms with Gasteiger partial charge in [0.25, 0.3) is 0 Å². The molecule has 4 aromatic carbocycles. The summed E-state index contributed by atoms with van der Waals surface area (Å²) in [6.07, 6.45) is 1.87. The van der Waals surface area contributed by atoms with Gasteiger partial charge in [0.05, 0.1) is 6.26 Å². The van der Waals surface area contributed by atoms with Crippen molar-refractivity contribution in [2.45, 2.75) is 57.8 Å². The molecular weight excluding hydrogens is 474 g/mol. The molecule has 1 N–H and O–H groups in total. The predicted molar refractivity (Wildman–Crippen MR) is 162 cm³/mol. The number of fused-ring (bicyclic) bond motifs is 10. The molecule has 5 aromatic rings. The zero-order valence-electron chi connectivity index (χ0n) is 23.6. The first kappa shape index (κ1) is 24.0. The number of nitrogens with one attached hydrogen (secondary N) is 1. The van der Waals surface area contributed by atoms with E-state index in [4.69, 9.17) is 4.42 Å². The van der Waals surface area contributed by atoms with Gasteiger partial charge in [0.15, 0.2) is 0 Å². The van der Waals surface area contributed by atoms with E-state index in [1.54, 1.807) is 0 Å². The summed E-state index contributed by atoms with van der Waals surface area (Å²) in [7, 11) is 0. The van der Waals surface area contributed by atoms with E-state index < -0.39 is 5.41 Å². The van der Waals surface area contributed by atoms with Crippen LogP contribution in [0.15, 0.2) is 102 Å². The van der Waals surface area contributed by atoms with Crippen LogP contribution < -0.4 is 5.32 Å².